The first-order valence-corrected chi connectivity index (χ1v) is 6.56. The molecule has 0 unspecified atom stereocenters. The molecule has 0 rings (SSSR count). The molecule has 1 nitrogen and oxygen atoms in total. The van der Waals surface area contributed by atoms with E-state index in [9.17, 15) is 4.57 Å². The van der Waals surface area contributed by atoms with Gasteiger partial charge in [-0.05, 0) is 25.7 Å². The lowest BCUT2D eigenvalue weighted by molar-refractivity contribution is 0.556. The van der Waals surface area contributed by atoms with Crippen LogP contribution in [0.25, 0.3) is 0 Å². The summed E-state index contributed by atoms with van der Waals surface area (Å²) in [5.41, 5.74) is 0.926. The standard InChI is InChI=1S/C10H22OP/c1-5-9(6-2)12(11)10(7-3)8-4/h9-10H,5-8H2,1-4H3/q+1. The Balaban J connectivity index is 4.12. The van der Waals surface area contributed by atoms with E-state index in [1.54, 1.807) is 0 Å². The van der Waals surface area contributed by atoms with Crippen molar-refractivity contribution in [2.75, 3.05) is 0 Å². The largest absolute Gasteiger partial charge is 0.344 e. The Morgan fingerprint density at radius 3 is 1.25 bits per heavy atom. The summed E-state index contributed by atoms with van der Waals surface area (Å²) in [7, 11) is -0.958. The van der Waals surface area contributed by atoms with Crippen LogP contribution in [0.2, 0.25) is 0 Å². The highest BCUT2D eigenvalue weighted by molar-refractivity contribution is 7.46. The van der Waals surface area contributed by atoms with Gasteiger partial charge in [0.25, 0.3) is 0 Å². The van der Waals surface area contributed by atoms with Crippen LogP contribution >= 0.6 is 7.80 Å². The molecule has 0 heterocycles. The van der Waals surface area contributed by atoms with Crippen LogP contribution in [0, 0.1) is 0 Å². The topological polar surface area (TPSA) is 17.1 Å². The molecule has 0 radical (unpaired) electrons. The monoisotopic (exact) mass is 189 g/mol. The summed E-state index contributed by atoms with van der Waals surface area (Å²) in [6, 6.07) is 0. The number of hydrogen-bond donors (Lipinski definition) is 0. The maximum Gasteiger partial charge on any atom is 0.344 e. The molecule has 0 bridgehead atoms. The molecule has 0 aliphatic carbocycles. The van der Waals surface area contributed by atoms with E-state index in [-0.39, 0.29) is 0 Å². The third kappa shape index (κ3) is 3.23. The summed E-state index contributed by atoms with van der Waals surface area (Å²) < 4.78 is 11.9. The summed E-state index contributed by atoms with van der Waals surface area (Å²) in [5, 5.41) is 0. The smallest absolute Gasteiger partial charge is 0.0742 e. The predicted octanol–water partition coefficient (Wildman–Crippen LogP) is 4.19. The first-order valence-electron chi connectivity index (χ1n) is 5.16. The predicted molar refractivity (Wildman–Crippen MR) is 56.3 cm³/mol. The van der Waals surface area contributed by atoms with Gasteiger partial charge in [-0.25, -0.2) is 0 Å². The minimum atomic E-state index is -0.958. The second-order valence-electron chi connectivity index (χ2n) is 3.30. The fourth-order valence-corrected chi connectivity index (χ4v) is 3.63. The van der Waals surface area contributed by atoms with Gasteiger partial charge in [0.1, 0.15) is 0 Å². The van der Waals surface area contributed by atoms with Crippen molar-refractivity contribution in [2.45, 2.75) is 64.7 Å². The van der Waals surface area contributed by atoms with E-state index in [0.717, 1.165) is 25.7 Å². The van der Waals surface area contributed by atoms with E-state index in [2.05, 4.69) is 27.7 Å². The first kappa shape index (κ1) is 12.1. The van der Waals surface area contributed by atoms with Crippen LogP contribution in [0.15, 0.2) is 0 Å². The van der Waals surface area contributed by atoms with Gasteiger partial charge < -0.3 is 0 Å². The molecule has 0 aliphatic rings. The average Bonchev–Trinajstić information content (AvgIpc) is 2.09. The molecule has 0 spiro atoms. The SMILES string of the molecule is CCC(CC)[P+](=O)C(CC)CC. The Morgan fingerprint density at radius 1 is 0.833 bits per heavy atom. The fourth-order valence-electron chi connectivity index (χ4n) is 1.60. The minimum Gasteiger partial charge on any atom is -0.0742 e. The van der Waals surface area contributed by atoms with Crippen LogP contribution < -0.4 is 0 Å². The van der Waals surface area contributed by atoms with Crippen LogP contribution in [-0.4, -0.2) is 11.3 Å². The Kier molecular flexibility index (Phi) is 6.65. The Labute approximate surface area is 77.7 Å². The Bertz CT molecular complexity index is 112. The second-order valence-corrected chi connectivity index (χ2v) is 5.48. The van der Waals surface area contributed by atoms with Gasteiger partial charge in [0.15, 0.2) is 11.3 Å². The van der Waals surface area contributed by atoms with Crippen molar-refractivity contribution in [1.82, 2.24) is 0 Å². The quantitative estimate of drug-likeness (QED) is 0.572. The van der Waals surface area contributed by atoms with Gasteiger partial charge in [-0.15, -0.1) is 0 Å². The van der Waals surface area contributed by atoms with Crippen LogP contribution in [0.5, 0.6) is 0 Å². The van der Waals surface area contributed by atoms with E-state index in [1.807, 2.05) is 0 Å². The van der Waals surface area contributed by atoms with Gasteiger partial charge in [0.2, 0.25) is 0 Å². The minimum absolute atomic E-state index is 0.463. The van der Waals surface area contributed by atoms with Gasteiger partial charge in [0, 0.05) is 0 Å². The van der Waals surface area contributed by atoms with Crippen LogP contribution in [-0.2, 0) is 4.57 Å². The molecule has 72 valence electrons. The number of rotatable bonds is 6. The zero-order valence-electron chi connectivity index (χ0n) is 8.84. The third-order valence-corrected chi connectivity index (χ3v) is 5.50. The van der Waals surface area contributed by atoms with Gasteiger partial charge in [0.05, 0.1) is 0 Å². The molecule has 0 aromatic rings. The van der Waals surface area contributed by atoms with Crippen molar-refractivity contribution in [3.05, 3.63) is 0 Å². The highest BCUT2D eigenvalue weighted by atomic mass is 31.1. The van der Waals surface area contributed by atoms with Gasteiger partial charge >= 0.3 is 7.80 Å². The van der Waals surface area contributed by atoms with Crippen molar-refractivity contribution in [2.24, 2.45) is 0 Å². The van der Waals surface area contributed by atoms with Crippen molar-refractivity contribution in [1.29, 1.82) is 0 Å². The molecule has 0 saturated carbocycles. The van der Waals surface area contributed by atoms with Gasteiger partial charge in [-0.3, -0.25) is 0 Å². The zero-order valence-corrected chi connectivity index (χ0v) is 9.73. The van der Waals surface area contributed by atoms with Crippen molar-refractivity contribution in [3.8, 4) is 0 Å². The summed E-state index contributed by atoms with van der Waals surface area (Å²) in [4.78, 5) is 0. The van der Waals surface area contributed by atoms with Crippen molar-refractivity contribution >= 4 is 7.80 Å². The van der Waals surface area contributed by atoms with Crippen LogP contribution in [0.4, 0.5) is 0 Å². The van der Waals surface area contributed by atoms with Crippen molar-refractivity contribution in [3.63, 3.8) is 0 Å². The van der Waals surface area contributed by atoms with Crippen LogP contribution in [0.1, 0.15) is 53.4 Å². The molecule has 0 aliphatic heterocycles. The molecule has 0 aromatic heterocycles. The molecule has 12 heavy (non-hydrogen) atoms. The average molecular weight is 189 g/mol. The fraction of sp³-hybridized carbons (Fsp3) is 1.00. The molecule has 0 fully saturated rings. The Morgan fingerprint density at radius 2 is 1.08 bits per heavy atom. The molecule has 0 amide bonds. The summed E-state index contributed by atoms with van der Waals surface area (Å²) in [6.45, 7) is 8.57. The third-order valence-electron chi connectivity index (χ3n) is 2.60. The molecule has 0 aromatic carbocycles. The van der Waals surface area contributed by atoms with E-state index in [4.69, 9.17) is 0 Å². The molecule has 0 saturated heterocycles. The molecular formula is C10H22OP+. The van der Waals surface area contributed by atoms with Gasteiger partial charge in [-0.1, -0.05) is 32.3 Å². The summed E-state index contributed by atoms with van der Waals surface area (Å²) in [6.07, 6.45) is 4.29. The molecule has 2 heteroatoms. The number of hydrogen-bond acceptors (Lipinski definition) is 1. The Hall–Kier alpha value is 0.100. The highest BCUT2D eigenvalue weighted by Crippen LogP contribution is 2.40. The molecular weight excluding hydrogens is 167 g/mol. The van der Waals surface area contributed by atoms with E-state index in [0.29, 0.717) is 11.3 Å². The van der Waals surface area contributed by atoms with Crippen molar-refractivity contribution < 1.29 is 4.57 Å². The molecule has 0 atom stereocenters. The van der Waals surface area contributed by atoms with E-state index in [1.165, 1.54) is 0 Å². The molecule has 0 N–H and O–H groups in total. The maximum absolute atomic E-state index is 11.9. The summed E-state index contributed by atoms with van der Waals surface area (Å²) >= 11 is 0. The summed E-state index contributed by atoms with van der Waals surface area (Å²) in [5.74, 6) is 0. The van der Waals surface area contributed by atoms with E-state index < -0.39 is 7.80 Å². The lowest BCUT2D eigenvalue weighted by atomic mass is 10.2. The van der Waals surface area contributed by atoms with E-state index >= 15 is 0 Å². The lowest BCUT2D eigenvalue weighted by Crippen LogP contribution is -2.08. The highest BCUT2D eigenvalue weighted by Gasteiger charge is 2.33. The zero-order chi connectivity index (χ0) is 9.56. The lowest BCUT2D eigenvalue weighted by Gasteiger charge is -2.06. The van der Waals surface area contributed by atoms with Crippen LogP contribution in [0.3, 0.4) is 0 Å². The van der Waals surface area contributed by atoms with Gasteiger partial charge in [-0.2, -0.15) is 0 Å². The second kappa shape index (κ2) is 6.60. The maximum atomic E-state index is 11.9. The first-order chi connectivity index (χ1) is 5.71. The normalized spacial score (nSPS) is 11.2.